The Balaban J connectivity index is 4.36. The second kappa shape index (κ2) is 15.3. The number of carbonyl (C=O) groups is 3. The van der Waals surface area contributed by atoms with E-state index in [1.165, 1.54) is 0 Å². The van der Waals surface area contributed by atoms with Gasteiger partial charge in [0.05, 0.1) is 18.4 Å². The fourth-order valence-electron chi connectivity index (χ4n) is 2.93. The van der Waals surface area contributed by atoms with E-state index in [-0.39, 0.29) is 36.2 Å². The molecule has 0 aliphatic heterocycles. The third kappa shape index (κ3) is 10.7. The predicted molar refractivity (Wildman–Crippen MR) is 111 cm³/mol. The second-order valence-corrected chi connectivity index (χ2v) is 7.57. The number of hydrogen-bond donors (Lipinski definition) is 1. The number of carbonyl (C=O) groups excluding carboxylic acids is 3. The number of unbranched alkanes of at least 4 members (excludes halogenated alkanes) is 2. The summed E-state index contributed by atoms with van der Waals surface area (Å²) in [4.78, 5) is 36.6. The Morgan fingerprint density at radius 1 is 0.786 bits per heavy atom. The van der Waals surface area contributed by atoms with Gasteiger partial charge in [0, 0.05) is 0 Å². The lowest BCUT2D eigenvalue weighted by molar-refractivity contribution is -0.159. The van der Waals surface area contributed by atoms with Crippen LogP contribution in [0.4, 0.5) is 0 Å². The molecule has 0 saturated carbocycles. The van der Waals surface area contributed by atoms with Crippen molar-refractivity contribution in [3.05, 3.63) is 0 Å². The van der Waals surface area contributed by atoms with Crippen molar-refractivity contribution in [2.24, 2.45) is 11.8 Å². The average Bonchev–Trinajstić information content (AvgIpc) is 2.67. The number of hydrogen-bond acceptors (Lipinski definition) is 5. The highest BCUT2D eigenvalue weighted by Crippen LogP contribution is 2.16. The highest BCUT2D eigenvalue weighted by Gasteiger charge is 2.24. The van der Waals surface area contributed by atoms with Gasteiger partial charge in [-0.05, 0) is 39.5 Å². The van der Waals surface area contributed by atoms with Gasteiger partial charge in [-0.1, -0.05) is 53.4 Å². The number of ether oxygens (including phenoxy) is 2. The molecule has 0 aromatic carbocycles. The normalized spacial score (nSPS) is 15.2. The number of esters is 2. The standard InChI is InChI=1S/C22H41NO5/c1-7-11-13-18(9-3)21(25)27-16(5)15-23-20(24)17(6)28-22(26)19(10-4)14-12-8-2/h16-19H,7-15H2,1-6H3,(H,23,24)/t16-,17+,18+,19-/m0/s1. The van der Waals surface area contributed by atoms with E-state index in [2.05, 4.69) is 19.2 Å². The van der Waals surface area contributed by atoms with Gasteiger partial charge in [-0.2, -0.15) is 0 Å². The highest BCUT2D eigenvalue weighted by atomic mass is 16.6. The zero-order valence-corrected chi connectivity index (χ0v) is 18.7. The molecule has 0 rings (SSSR count). The van der Waals surface area contributed by atoms with Crippen molar-refractivity contribution in [2.75, 3.05) is 6.54 Å². The molecule has 0 spiro atoms. The summed E-state index contributed by atoms with van der Waals surface area (Å²) in [6.45, 7) is 11.6. The highest BCUT2D eigenvalue weighted by molar-refractivity contribution is 5.84. The smallest absolute Gasteiger partial charge is 0.309 e. The van der Waals surface area contributed by atoms with Crippen molar-refractivity contribution >= 4 is 17.8 Å². The fourth-order valence-corrected chi connectivity index (χ4v) is 2.93. The van der Waals surface area contributed by atoms with Crippen LogP contribution in [0.1, 0.15) is 92.9 Å². The van der Waals surface area contributed by atoms with Gasteiger partial charge in [0.2, 0.25) is 0 Å². The Bertz CT molecular complexity index is 466. The first-order valence-electron chi connectivity index (χ1n) is 11.0. The molecular weight excluding hydrogens is 358 g/mol. The van der Waals surface area contributed by atoms with Gasteiger partial charge in [-0.3, -0.25) is 14.4 Å². The lowest BCUT2D eigenvalue weighted by atomic mass is 10.00. The van der Waals surface area contributed by atoms with E-state index in [1.54, 1.807) is 13.8 Å². The van der Waals surface area contributed by atoms with Gasteiger partial charge < -0.3 is 14.8 Å². The first-order chi connectivity index (χ1) is 13.3. The number of rotatable bonds is 15. The van der Waals surface area contributed by atoms with E-state index in [9.17, 15) is 14.4 Å². The van der Waals surface area contributed by atoms with E-state index < -0.39 is 12.2 Å². The van der Waals surface area contributed by atoms with Crippen LogP contribution in [-0.2, 0) is 23.9 Å². The van der Waals surface area contributed by atoms with Crippen LogP contribution in [0.2, 0.25) is 0 Å². The Kier molecular flexibility index (Phi) is 14.5. The molecule has 28 heavy (non-hydrogen) atoms. The summed E-state index contributed by atoms with van der Waals surface area (Å²) in [6, 6.07) is 0. The monoisotopic (exact) mass is 399 g/mol. The zero-order valence-electron chi connectivity index (χ0n) is 18.7. The van der Waals surface area contributed by atoms with Crippen molar-refractivity contribution < 1.29 is 23.9 Å². The number of amides is 1. The molecule has 6 nitrogen and oxygen atoms in total. The topological polar surface area (TPSA) is 81.7 Å². The van der Waals surface area contributed by atoms with Crippen molar-refractivity contribution in [2.45, 2.75) is 105 Å². The van der Waals surface area contributed by atoms with Crippen molar-refractivity contribution in [1.82, 2.24) is 5.32 Å². The molecule has 0 fully saturated rings. The van der Waals surface area contributed by atoms with E-state index in [0.717, 1.165) is 44.9 Å². The first-order valence-corrected chi connectivity index (χ1v) is 11.0. The summed E-state index contributed by atoms with van der Waals surface area (Å²) in [5.74, 6) is -1.16. The van der Waals surface area contributed by atoms with E-state index >= 15 is 0 Å². The molecule has 1 amide bonds. The largest absolute Gasteiger partial charge is 0.461 e. The van der Waals surface area contributed by atoms with Gasteiger partial charge in [0.15, 0.2) is 6.10 Å². The Morgan fingerprint density at radius 2 is 1.25 bits per heavy atom. The zero-order chi connectivity index (χ0) is 21.5. The maximum absolute atomic E-state index is 12.2. The third-order valence-corrected chi connectivity index (χ3v) is 5.01. The Labute approximate surface area is 171 Å². The van der Waals surface area contributed by atoms with Crippen LogP contribution in [0, 0.1) is 11.8 Å². The summed E-state index contributed by atoms with van der Waals surface area (Å²) in [7, 11) is 0. The van der Waals surface area contributed by atoms with Crippen molar-refractivity contribution in [3.8, 4) is 0 Å². The minimum atomic E-state index is -0.862. The van der Waals surface area contributed by atoms with Crippen LogP contribution in [-0.4, -0.2) is 36.6 Å². The van der Waals surface area contributed by atoms with Crippen LogP contribution in [0.5, 0.6) is 0 Å². The quantitative estimate of drug-likeness (QED) is 0.413. The Morgan fingerprint density at radius 3 is 1.68 bits per heavy atom. The summed E-state index contributed by atoms with van der Waals surface area (Å²) < 4.78 is 10.8. The van der Waals surface area contributed by atoms with Gasteiger partial charge in [0.25, 0.3) is 5.91 Å². The molecule has 6 heteroatoms. The van der Waals surface area contributed by atoms with Crippen LogP contribution >= 0.6 is 0 Å². The molecule has 0 aliphatic carbocycles. The van der Waals surface area contributed by atoms with E-state index in [0.29, 0.717) is 6.42 Å². The molecule has 0 aliphatic rings. The molecule has 164 valence electrons. The van der Waals surface area contributed by atoms with Crippen LogP contribution in [0.3, 0.4) is 0 Å². The molecule has 4 atom stereocenters. The van der Waals surface area contributed by atoms with Crippen LogP contribution < -0.4 is 5.32 Å². The van der Waals surface area contributed by atoms with Crippen LogP contribution in [0.25, 0.3) is 0 Å². The molecule has 0 bridgehead atoms. The first kappa shape index (κ1) is 26.4. The summed E-state index contributed by atoms with van der Waals surface area (Å²) in [5.41, 5.74) is 0. The van der Waals surface area contributed by atoms with Gasteiger partial charge in [0.1, 0.15) is 6.10 Å². The van der Waals surface area contributed by atoms with Gasteiger partial charge in [-0.25, -0.2) is 0 Å². The third-order valence-electron chi connectivity index (χ3n) is 5.01. The maximum Gasteiger partial charge on any atom is 0.309 e. The molecule has 0 unspecified atom stereocenters. The fraction of sp³-hybridized carbons (Fsp3) is 0.864. The van der Waals surface area contributed by atoms with Gasteiger partial charge >= 0.3 is 11.9 Å². The van der Waals surface area contributed by atoms with Crippen LogP contribution in [0.15, 0.2) is 0 Å². The lowest BCUT2D eigenvalue weighted by Gasteiger charge is -2.21. The molecule has 1 N–H and O–H groups in total. The second-order valence-electron chi connectivity index (χ2n) is 7.57. The molecule has 0 heterocycles. The molecule has 0 radical (unpaired) electrons. The van der Waals surface area contributed by atoms with Crippen molar-refractivity contribution in [3.63, 3.8) is 0 Å². The lowest BCUT2D eigenvalue weighted by Crippen LogP contribution is -2.41. The minimum Gasteiger partial charge on any atom is -0.461 e. The summed E-state index contributed by atoms with van der Waals surface area (Å²) in [6.07, 6.45) is 5.81. The molecule has 0 aromatic heterocycles. The molecular formula is C22H41NO5. The molecule has 0 saturated heterocycles. The predicted octanol–water partition coefficient (Wildman–Crippen LogP) is 4.40. The van der Waals surface area contributed by atoms with E-state index in [4.69, 9.17) is 9.47 Å². The number of nitrogens with one attached hydrogen (secondary N) is 1. The SMILES string of the molecule is CCCC[C@@H](CC)C(=O)O[C@@H](C)CNC(=O)[C@@H](C)OC(=O)[C@@H](CC)CCCC. The summed E-state index contributed by atoms with van der Waals surface area (Å²) in [5, 5.41) is 2.70. The average molecular weight is 400 g/mol. The Hall–Kier alpha value is -1.59. The summed E-state index contributed by atoms with van der Waals surface area (Å²) >= 11 is 0. The van der Waals surface area contributed by atoms with E-state index in [1.807, 2.05) is 13.8 Å². The van der Waals surface area contributed by atoms with Gasteiger partial charge in [-0.15, -0.1) is 0 Å². The van der Waals surface area contributed by atoms with Crippen molar-refractivity contribution in [1.29, 1.82) is 0 Å². The molecule has 0 aromatic rings. The minimum absolute atomic E-state index is 0.0907. The maximum atomic E-state index is 12.2.